The number of H-pyrrole nitrogens is 1. The molecule has 0 amide bonds. The Hall–Kier alpha value is -2.32. The number of esters is 1. The molecule has 0 bridgehead atoms. The van der Waals surface area contributed by atoms with Crippen LogP contribution in [0.4, 0.5) is 0 Å². The van der Waals surface area contributed by atoms with Gasteiger partial charge in [0.1, 0.15) is 11.9 Å². The second kappa shape index (κ2) is 7.62. The van der Waals surface area contributed by atoms with Crippen LogP contribution in [0.2, 0.25) is 0 Å². The lowest BCUT2D eigenvalue weighted by Gasteiger charge is -2.14. The zero-order valence-electron chi connectivity index (χ0n) is 12.2. The van der Waals surface area contributed by atoms with E-state index in [4.69, 9.17) is 15.3 Å². The highest BCUT2D eigenvalue weighted by Crippen LogP contribution is 2.19. The molecule has 2 heterocycles. The summed E-state index contributed by atoms with van der Waals surface area (Å²) in [7, 11) is 0. The Morgan fingerprint density at radius 1 is 1.41 bits per heavy atom. The fourth-order valence-corrected chi connectivity index (χ4v) is 1.73. The van der Waals surface area contributed by atoms with E-state index in [0.717, 1.165) is 17.8 Å². The van der Waals surface area contributed by atoms with Crippen molar-refractivity contribution >= 4 is 5.97 Å². The average Bonchev–Trinajstić information content (AvgIpc) is 2.77. The number of aromatic nitrogens is 1. The van der Waals surface area contributed by atoms with Gasteiger partial charge in [-0.2, -0.15) is 0 Å². The molecule has 122 valence electrons. The number of aliphatic hydroxyl groups is 3. The number of aliphatic hydroxyl groups excluding tert-OH is 3. The summed E-state index contributed by atoms with van der Waals surface area (Å²) in [5, 5.41) is 46.0. The van der Waals surface area contributed by atoms with Crippen LogP contribution in [0.3, 0.4) is 0 Å². The molecule has 8 nitrogen and oxygen atoms in total. The first-order valence-electron chi connectivity index (χ1n) is 6.62. The predicted octanol–water partition coefficient (Wildman–Crippen LogP) is -1.53. The minimum absolute atomic E-state index is 0.355. The number of ether oxygens (including phenoxy) is 1. The number of carbonyl (C=O) groups excluding carboxylic acids is 1. The van der Waals surface area contributed by atoms with Gasteiger partial charge in [0.15, 0.2) is 17.5 Å². The van der Waals surface area contributed by atoms with Gasteiger partial charge in [0.2, 0.25) is 5.69 Å². The van der Waals surface area contributed by atoms with Crippen LogP contribution in [0.15, 0.2) is 23.7 Å². The van der Waals surface area contributed by atoms with E-state index in [-0.39, 0.29) is 0 Å². The number of nitrogens with one attached hydrogen (secondary N) is 1. The second-order valence-electron chi connectivity index (χ2n) is 4.65. The summed E-state index contributed by atoms with van der Waals surface area (Å²) in [6.07, 6.45) is -2.04. The molecular formula is C14H19NO7. The number of aromatic amines is 1. The van der Waals surface area contributed by atoms with Crippen LogP contribution in [0.1, 0.15) is 18.3 Å². The third kappa shape index (κ3) is 4.09. The lowest BCUT2D eigenvalue weighted by atomic mass is 10.2. The Bertz CT molecular complexity index is 570. The molecule has 2 atom stereocenters. The van der Waals surface area contributed by atoms with Gasteiger partial charge in [-0.3, -0.25) is 0 Å². The smallest absolute Gasteiger partial charge is 0.327 e. The largest absolute Gasteiger partial charge is 0.865 e. The van der Waals surface area contributed by atoms with Crippen molar-refractivity contribution in [3.63, 3.8) is 0 Å². The number of hydrogen-bond acceptors (Lipinski definition) is 7. The summed E-state index contributed by atoms with van der Waals surface area (Å²) >= 11 is 0. The van der Waals surface area contributed by atoms with Crippen LogP contribution in [-0.4, -0.2) is 45.2 Å². The van der Waals surface area contributed by atoms with Gasteiger partial charge in [-0.05, 0) is 6.07 Å². The molecule has 0 radical (unpaired) electrons. The van der Waals surface area contributed by atoms with E-state index in [1.807, 2.05) is 19.9 Å². The van der Waals surface area contributed by atoms with Crippen molar-refractivity contribution in [2.24, 2.45) is 0 Å². The molecule has 1 aromatic rings. The number of pyridine rings is 1. The normalized spacial score (nSPS) is 18.5. The fourth-order valence-electron chi connectivity index (χ4n) is 1.73. The van der Waals surface area contributed by atoms with Gasteiger partial charge in [-0.25, -0.2) is 9.78 Å². The Kier molecular flexibility index (Phi) is 6.14. The SMILES string of the molecule is CCc1[nH+]c(C)ccc1O.O=C1O[C@H]([C@@H](O)CO)C(O)=C1[O-]. The molecule has 22 heavy (non-hydrogen) atoms. The van der Waals surface area contributed by atoms with Crippen molar-refractivity contribution in [2.45, 2.75) is 32.5 Å². The van der Waals surface area contributed by atoms with Gasteiger partial charge in [-0.15, -0.1) is 0 Å². The van der Waals surface area contributed by atoms with Gasteiger partial charge in [-0.1, -0.05) is 6.92 Å². The van der Waals surface area contributed by atoms with Crippen LogP contribution < -0.4 is 10.1 Å². The third-order valence-corrected chi connectivity index (χ3v) is 2.96. The van der Waals surface area contributed by atoms with Gasteiger partial charge in [0.25, 0.3) is 0 Å². The summed E-state index contributed by atoms with van der Waals surface area (Å²) in [6, 6.07) is 3.57. The zero-order chi connectivity index (χ0) is 16.9. The molecule has 8 heteroatoms. The molecular weight excluding hydrogens is 294 g/mol. The van der Waals surface area contributed by atoms with E-state index < -0.39 is 36.3 Å². The van der Waals surface area contributed by atoms with Crippen LogP contribution in [0.25, 0.3) is 0 Å². The maximum atomic E-state index is 10.6. The third-order valence-electron chi connectivity index (χ3n) is 2.96. The minimum Gasteiger partial charge on any atom is -0.865 e. The van der Waals surface area contributed by atoms with Crippen molar-refractivity contribution in [3.05, 3.63) is 35.0 Å². The Morgan fingerprint density at radius 2 is 2.05 bits per heavy atom. The van der Waals surface area contributed by atoms with Crippen LogP contribution in [-0.2, 0) is 16.0 Å². The van der Waals surface area contributed by atoms with Crippen LogP contribution >= 0.6 is 0 Å². The number of rotatable bonds is 3. The Balaban J connectivity index is 0.000000224. The Labute approximate surface area is 126 Å². The van der Waals surface area contributed by atoms with Crippen molar-refractivity contribution in [1.29, 1.82) is 0 Å². The number of aromatic hydroxyl groups is 1. The number of aryl methyl sites for hydroxylation is 2. The minimum atomic E-state index is -1.46. The molecule has 0 saturated heterocycles. The predicted molar refractivity (Wildman–Crippen MR) is 71.4 cm³/mol. The molecule has 0 unspecified atom stereocenters. The molecule has 1 aliphatic rings. The number of carbonyl (C=O) groups is 1. The highest BCUT2D eigenvalue weighted by molar-refractivity contribution is 5.88. The lowest BCUT2D eigenvalue weighted by Crippen LogP contribution is -2.31. The van der Waals surface area contributed by atoms with E-state index in [2.05, 4.69) is 9.72 Å². The molecule has 1 aliphatic heterocycles. The van der Waals surface area contributed by atoms with E-state index in [0.29, 0.717) is 5.75 Å². The molecule has 0 saturated carbocycles. The van der Waals surface area contributed by atoms with Crippen molar-refractivity contribution in [3.8, 4) is 5.75 Å². The molecule has 2 rings (SSSR count). The van der Waals surface area contributed by atoms with Crippen molar-refractivity contribution < 1.29 is 40.0 Å². The monoisotopic (exact) mass is 313 g/mol. The quantitative estimate of drug-likeness (QED) is 0.495. The summed E-state index contributed by atoms with van der Waals surface area (Å²) in [5.41, 5.74) is 1.98. The van der Waals surface area contributed by atoms with Gasteiger partial charge >= 0.3 is 5.97 Å². The maximum Gasteiger partial charge on any atom is 0.327 e. The van der Waals surface area contributed by atoms with Crippen LogP contribution in [0, 0.1) is 6.92 Å². The molecule has 0 aliphatic carbocycles. The maximum absolute atomic E-state index is 10.6. The highest BCUT2D eigenvalue weighted by atomic mass is 16.6. The zero-order valence-corrected chi connectivity index (χ0v) is 12.2. The molecule has 0 aromatic carbocycles. The topological polar surface area (TPSA) is 144 Å². The van der Waals surface area contributed by atoms with Crippen molar-refractivity contribution in [1.82, 2.24) is 0 Å². The summed E-state index contributed by atoms with van der Waals surface area (Å²) < 4.78 is 4.25. The van der Waals surface area contributed by atoms with E-state index >= 15 is 0 Å². The first-order chi connectivity index (χ1) is 10.3. The van der Waals surface area contributed by atoms with Crippen LogP contribution in [0.5, 0.6) is 5.75 Å². The van der Waals surface area contributed by atoms with Gasteiger partial charge < -0.3 is 30.3 Å². The van der Waals surface area contributed by atoms with E-state index in [1.54, 1.807) is 6.07 Å². The summed E-state index contributed by atoms with van der Waals surface area (Å²) in [4.78, 5) is 13.5. The number of cyclic esters (lactones) is 1. The van der Waals surface area contributed by atoms with Gasteiger partial charge in [0, 0.05) is 25.2 Å². The van der Waals surface area contributed by atoms with Crippen molar-refractivity contribution in [2.75, 3.05) is 6.61 Å². The summed E-state index contributed by atoms with van der Waals surface area (Å²) in [5.74, 6) is -2.90. The average molecular weight is 313 g/mol. The van der Waals surface area contributed by atoms with E-state index in [1.165, 1.54) is 0 Å². The highest BCUT2D eigenvalue weighted by Gasteiger charge is 2.34. The fraction of sp³-hybridized carbons (Fsp3) is 0.429. The molecule has 0 fully saturated rings. The Morgan fingerprint density at radius 3 is 2.45 bits per heavy atom. The standard InChI is InChI=1S/C8H11NO.C6H8O6/c1-3-7-8(10)5-4-6(2)9-7;7-1-2(8)5-3(9)4(10)6(11)12-5/h4-5,10H,3H2,1-2H3;2,5,7-10H,1H2/t;2-,5+/m.0/s1. The second-order valence-corrected chi connectivity index (χ2v) is 4.65. The molecule has 0 spiro atoms. The first-order valence-corrected chi connectivity index (χ1v) is 6.62. The van der Waals surface area contributed by atoms with E-state index in [9.17, 15) is 15.0 Å². The summed E-state index contributed by atoms with van der Waals surface area (Å²) in [6.45, 7) is 3.28. The first kappa shape index (κ1) is 17.7. The lowest BCUT2D eigenvalue weighted by molar-refractivity contribution is -0.400. The molecule has 1 aromatic heterocycles. The molecule has 5 N–H and O–H groups in total. The van der Waals surface area contributed by atoms with Gasteiger partial charge in [0.05, 0.1) is 6.61 Å². The number of hydrogen-bond donors (Lipinski definition) is 4.